The van der Waals surface area contributed by atoms with Crippen LogP contribution in [0.1, 0.15) is 18.0 Å². The van der Waals surface area contributed by atoms with Crippen molar-refractivity contribution in [2.24, 2.45) is 0 Å². The molecule has 3 rings (SSSR count). The molecule has 6 heteroatoms. The standard InChI is InChI=1S/C12H14N4O2/c1-8-3-2-4-9(14-8)10-15-11(18-16-10)12(17)5-6-13-7-12/h2-4,13,17H,5-7H2,1H3. The van der Waals surface area contributed by atoms with Crippen molar-refractivity contribution in [3.05, 3.63) is 29.8 Å². The van der Waals surface area contributed by atoms with Crippen molar-refractivity contribution >= 4 is 0 Å². The van der Waals surface area contributed by atoms with Gasteiger partial charge in [-0.2, -0.15) is 4.98 Å². The molecule has 0 spiro atoms. The lowest BCUT2D eigenvalue weighted by Crippen LogP contribution is -2.28. The number of nitrogens with one attached hydrogen (secondary N) is 1. The van der Waals surface area contributed by atoms with Crippen LogP contribution in [0.15, 0.2) is 22.7 Å². The molecule has 1 saturated heterocycles. The molecule has 6 nitrogen and oxygen atoms in total. The average molecular weight is 246 g/mol. The minimum atomic E-state index is -1.05. The normalized spacial score (nSPS) is 23.4. The quantitative estimate of drug-likeness (QED) is 0.808. The van der Waals surface area contributed by atoms with Crippen molar-refractivity contribution in [1.82, 2.24) is 20.4 Å². The van der Waals surface area contributed by atoms with Gasteiger partial charge in [0.1, 0.15) is 5.69 Å². The molecule has 2 N–H and O–H groups in total. The zero-order chi connectivity index (χ0) is 12.6. The third-order valence-corrected chi connectivity index (χ3v) is 3.07. The third-order valence-electron chi connectivity index (χ3n) is 3.07. The molecule has 0 aliphatic carbocycles. The van der Waals surface area contributed by atoms with Crippen LogP contribution in [-0.2, 0) is 5.60 Å². The van der Waals surface area contributed by atoms with E-state index >= 15 is 0 Å². The first kappa shape index (κ1) is 11.3. The Morgan fingerprint density at radius 3 is 3.00 bits per heavy atom. The number of aryl methyl sites for hydroxylation is 1. The van der Waals surface area contributed by atoms with Crippen LogP contribution in [0.25, 0.3) is 11.5 Å². The first-order valence-corrected chi connectivity index (χ1v) is 5.89. The van der Waals surface area contributed by atoms with Crippen LogP contribution in [0.2, 0.25) is 0 Å². The zero-order valence-electron chi connectivity index (χ0n) is 10.1. The summed E-state index contributed by atoms with van der Waals surface area (Å²) in [6, 6.07) is 5.61. The SMILES string of the molecule is Cc1cccc(-c2noc(C3(O)CCNC3)n2)n1. The fraction of sp³-hybridized carbons (Fsp3) is 0.417. The minimum absolute atomic E-state index is 0.255. The van der Waals surface area contributed by atoms with E-state index in [1.165, 1.54) is 0 Å². The lowest BCUT2D eigenvalue weighted by atomic mass is 10.0. The molecular formula is C12H14N4O2. The van der Waals surface area contributed by atoms with Gasteiger partial charge < -0.3 is 14.9 Å². The van der Waals surface area contributed by atoms with E-state index in [9.17, 15) is 5.11 Å². The van der Waals surface area contributed by atoms with Crippen molar-refractivity contribution in [1.29, 1.82) is 0 Å². The first-order valence-electron chi connectivity index (χ1n) is 5.89. The predicted octanol–water partition coefficient (Wildman–Crippen LogP) is 0.621. The highest BCUT2D eigenvalue weighted by molar-refractivity contribution is 5.48. The highest BCUT2D eigenvalue weighted by Gasteiger charge is 2.38. The number of pyridine rings is 1. The number of aliphatic hydroxyl groups is 1. The maximum atomic E-state index is 10.3. The fourth-order valence-corrected chi connectivity index (χ4v) is 2.05. The van der Waals surface area contributed by atoms with Crippen molar-refractivity contribution in [3.63, 3.8) is 0 Å². The molecule has 3 heterocycles. The second kappa shape index (κ2) is 4.15. The van der Waals surface area contributed by atoms with Crippen molar-refractivity contribution in [2.45, 2.75) is 18.9 Å². The van der Waals surface area contributed by atoms with Crippen LogP contribution in [0.4, 0.5) is 0 Å². The van der Waals surface area contributed by atoms with E-state index in [-0.39, 0.29) is 5.89 Å². The second-order valence-corrected chi connectivity index (χ2v) is 4.55. The van der Waals surface area contributed by atoms with Gasteiger partial charge in [-0.25, -0.2) is 4.98 Å². The number of nitrogens with zero attached hydrogens (tertiary/aromatic N) is 3. The summed E-state index contributed by atoms with van der Waals surface area (Å²) in [6.07, 6.45) is 0.579. The monoisotopic (exact) mass is 246 g/mol. The van der Waals surface area contributed by atoms with Crippen LogP contribution in [-0.4, -0.2) is 33.3 Å². The van der Waals surface area contributed by atoms with Gasteiger partial charge in [-0.05, 0) is 32.0 Å². The number of β-amino-alcohol motifs (C(OH)–C–C–N with tert-alkyl or cyclic N) is 1. The minimum Gasteiger partial charge on any atom is -0.379 e. The van der Waals surface area contributed by atoms with E-state index in [1.807, 2.05) is 25.1 Å². The molecule has 94 valence electrons. The molecule has 0 bridgehead atoms. The van der Waals surface area contributed by atoms with Gasteiger partial charge in [0.2, 0.25) is 5.82 Å². The van der Waals surface area contributed by atoms with Gasteiger partial charge in [0.05, 0.1) is 0 Å². The molecule has 0 saturated carbocycles. The van der Waals surface area contributed by atoms with Gasteiger partial charge in [0, 0.05) is 12.2 Å². The van der Waals surface area contributed by atoms with Gasteiger partial charge in [-0.1, -0.05) is 11.2 Å². The Labute approximate surface area is 104 Å². The number of hydrogen-bond donors (Lipinski definition) is 2. The Balaban J connectivity index is 1.94. The topological polar surface area (TPSA) is 84.1 Å². The molecule has 1 atom stereocenters. The van der Waals surface area contributed by atoms with Gasteiger partial charge in [0.15, 0.2) is 5.60 Å². The van der Waals surface area contributed by atoms with Gasteiger partial charge in [-0.3, -0.25) is 0 Å². The van der Waals surface area contributed by atoms with E-state index in [2.05, 4.69) is 20.4 Å². The van der Waals surface area contributed by atoms with E-state index < -0.39 is 5.60 Å². The molecule has 0 radical (unpaired) electrons. The first-order chi connectivity index (χ1) is 8.67. The molecule has 2 aromatic rings. The Hall–Kier alpha value is -1.79. The maximum Gasteiger partial charge on any atom is 0.260 e. The molecular weight excluding hydrogens is 232 g/mol. The summed E-state index contributed by atoms with van der Waals surface area (Å²) in [6.45, 7) is 3.09. The number of aromatic nitrogens is 3. The average Bonchev–Trinajstić information content (AvgIpc) is 2.98. The van der Waals surface area contributed by atoms with Gasteiger partial charge in [0.25, 0.3) is 5.89 Å². The Morgan fingerprint density at radius 1 is 1.39 bits per heavy atom. The highest BCUT2D eigenvalue weighted by Crippen LogP contribution is 2.27. The summed E-state index contributed by atoms with van der Waals surface area (Å²) < 4.78 is 5.15. The molecule has 0 amide bonds. The third kappa shape index (κ3) is 1.89. The highest BCUT2D eigenvalue weighted by atomic mass is 16.5. The van der Waals surface area contributed by atoms with Crippen LogP contribution >= 0.6 is 0 Å². The lowest BCUT2D eigenvalue weighted by molar-refractivity contribution is 0.0243. The summed E-state index contributed by atoms with van der Waals surface area (Å²) in [5.74, 6) is 0.667. The van der Waals surface area contributed by atoms with Crippen LogP contribution in [0.5, 0.6) is 0 Å². The Bertz CT molecular complexity index is 561. The molecule has 2 aromatic heterocycles. The van der Waals surface area contributed by atoms with E-state index in [4.69, 9.17) is 4.52 Å². The summed E-state index contributed by atoms with van der Waals surface area (Å²) >= 11 is 0. The van der Waals surface area contributed by atoms with Gasteiger partial charge in [-0.15, -0.1) is 0 Å². The largest absolute Gasteiger partial charge is 0.379 e. The summed E-state index contributed by atoms with van der Waals surface area (Å²) in [5, 5.41) is 17.3. The van der Waals surface area contributed by atoms with Gasteiger partial charge >= 0.3 is 0 Å². The van der Waals surface area contributed by atoms with Crippen molar-refractivity contribution < 1.29 is 9.63 Å². The van der Waals surface area contributed by atoms with Crippen LogP contribution in [0, 0.1) is 6.92 Å². The van der Waals surface area contributed by atoms with E-state index in [1.54, 1.807) is 0 Å². The number of rotatable bonds is 2. The van der Waals surface area contributed by atoms with Crippen LogP contribution in [0.3, 0.4) is 0 Å². The van der Waals surface area contributed by atoms with Crippen molar-refractivity contribution in [3.8, 4) is 11.5 Å². The molecule has 1 unspecified atom stereocenters. The van der Waals surface area contributed by atoms with Crippen molar-refractivity contribution in [2.75, 3.05) is 13.1 Å². The molecule has 18 heavy (non-hydrogen) atoms. The lowest BCUT2D eigenvalue weighted by Gasteiger charge is -2.14. The summed E-state index contributed by atoms with van der Waals surface area (Å²) in [5.41, 5.74) is 0.495. The Kier molecular flexibility index (Phi) is 2.61. The van der Waals surface area contributed by atoms with E-state index in [0.717, 1.165) is 12.2 Å². The maximum absolute atomic E-state index is 10.3. The molecule has 0 aromatic carbocycles. The molecule has 1 fully saturated rings. The number of hydrogen-bond acceptors (Lipinski definition) is 6. The fourth-order valence-electron chi connectivity index (χ4n) is 2.05. The van der Waals surface area contributed by atoms with Crippen LogP contribution < -0.4 is 5.32 Å². The molecule has 1 aliphatic rings. The summed E-state index contributed by atoms with van der Waals surface area (Å²) in [7, 11) is 0. The Morgan fingerprint density at radius 2 is 2.28 bits per heavy atom. The second-order valence-electron chi connectivity index (χ2n) is 4.55. The smallest absolute Gasteiger partial charge is 0.260 e. The van der Waals surface area contributed by atoms with E-state index in [0.29, 0.717) is 24.5 Å². The predicted molar refractivity (Wildman–Crippen MR) is 63.6 cm³/mol. The summed E-state index contributed by atoms with van der Waals surface area (Å²) in [4.78, 5) is 8.57. The molecule has 1 aliphatic heterocycles. The zero-order valence-corrected chi connectivity index (χ0v) is 10.1.